The third-order valence-corrected chi connectivity index (χ3v) is 8.84. The van der Waals surface area contributed by atoms with Crippen LogP contribution in [0, 0.1) is 11.3 Å². The summed E-state index contributed by atoms with van der Waals surface area (Å²) in [6.07, 6.45) is 3.30. The predicted molar refractivity (Wildman–Crippen MR) is 102 cm³/mol. The van der Waals surface area contributed by atoms with Crippen molar-refractivity contribution in [3.05, 3.63) is 26.6 Å². The molecule has 5 heteroatoms. The van der Waals surface area contributed by atoms with Crippen LogP contribution < -0.4 is 4.74 Å². The van der Waals surface area contributed by atoms with Crippen molar-refractivity contribution in [1.82, 2.24) is 0 Å². The van der Waals surface area contributed by atoms with Crippen molar-refractivity contribution in [3.63, 3.8) is 0 Å². The maximum absolute atomic E-state index is 6.61. The average Bonchev–Trinajstić information content (AvgIpc) is 2.43. The first-order valence-electron chi connectivity index (χ1n) is 7.17. The molecule has 0 amide bonds. The minimum absolute atomic E-state index is 0.100. The van der Waals surface area contributed by atoms with Crippen LogP contribution in [-0.4, -0.2) is 15.8 Å². The topological polar surface area (TPSA) is 9.23 Å². The van der Waals surface area contributed by atoms with Gasteiger partial charge in [0.25, 0.3) is 0 Å². The van der Waals surface area contributed by atoms with E-state index in [-0.39, 0.29) is 11.0 Å². The van der Waals surface area contributed by atoms with Gasteiger partial charge in [0.1, 0.15) is 11.4 Å². The van der Waals surface area contributed by atoms with Gasteiger partial charge in [0.05, 0.1) is 4.47 Å². The molecule has 1 aromatic rings. The predicted octanol–water partition coefficient (Wildman–Crippen LogP) is 6.48. The van der Waals surface area contributed by atoms with Crippen LogP contribution >= 0.6 is 63.7 Å². The number of benzene rings is 1. The van der Waals surface area contributed by atoms with Crippen molar-refractivity contribution in [2.45, 2.75) is 43.5 Å². The van der Waals surface area contributed by atoms with Crippen LogP contribution in [0.1, 0.15) is 32.3 Å². The Kier molecular flexibility index (Phi) is 4.62. The summed E-state index contributed by atoms with van der Waals surface area (Å²) in [4.78, 5) is 0.544. The van der Waals surface area contributed by atoms with Crippen LogP contribution in [0.5, 0.6) is 5.75 Å². The van der Waals surface area contributed by atoms with Crippen LogP contribution in [0.4, 0.5) is 0 Å². The van der Waals surface area contributed by atoms with Crippen LogP contribution in [0.25, 0.3) is 0 Å². The Labute approximate surface area is 160 Å². The SMILES string of the molecule is CC1(C)C(Br)CCC2(CBr)Oc3c(Br)cc(Br)cc3CC21. The van der Waals surface area contributed by atoms with Gasteiger partial charge in [0, 0.05) is 20.5 Å². The van der Waals surface area contributed by atoms with E-state index in [1.165, 1.54) is 5.56 Å². The van der Waals surface area contributed by atoms with Crippen LogP contribution in [-0.2, 0) is 6.42 Å². The number of ether oxygens (including phenoxy) is 1. The molecule has 1 heterocycles. The molecule has 0 radical (unpaired) electrons. The van der Waals surface area contributed by atoms with E-state index in [0.717, 1.165) is 39.3 Å². The molecule has 3 unspecified atom stereocenters. The fourth-order valence-corrected chi connectivity index (χ4v) is 6.60. The van der Waals surface area contributed by atoms with Crippen molar-refractivity contribution >= 4 is 63.7 Å². The van der Waals surface area contributed by atoms with Gasteiger partial charge in [-0.25, -0.2) is 0 Å². The van der Waals surface area contributed by atoms with Gasteiger partial charge < -0.3 is 4.74 Å². The van der Waals surface area contributed by atoms with Crippen LogP contribution in [0.15, 0.2) is 21.1 Å². The Balaban J connectivity index is 2.11. The fraction of sp³-hybridized carbons (Fsp3) is 0.625. The zero-order valence-corrected chi connectivity index (χ0v) is 18.4. The van der Waals surface area contributed by atoms with Gasteiger partial charge in [0.15, 0.2) is 0 Å². The smallest absolute Gasteiger partial charge is 0.137 e. The number of hydrogen-bond donors (Lipinski definition) is 0. The Morgan fingerprint density at radius 2 is 2.00 bits per heavy atom. The molecule has 0 N–H and O–H groups in total. The lowest BCUT2D eigenvalue weighted by Gasteiger charge is -2.56. The van der Waals surface area contributed by atoms with Gasteiger partial charge in [-0.1, -0.05) is 61.6 Å². The maximum atomic E-state index is 6.61. The molecule has 0 aromatic heterocycles. The van der Waals surface area contributed by atoms with E-state index < -0.39 is 0 Å². The molecule has 1 aliphatic carbocycles. The van der Waals surface area contributed by atoms with E-state index in [9.17, 15) is 0 Å². The Morgan fingerprint density at radius 1 is 1.29 bits per heavy atom. The molecule has 1 aliphatic heterocycles. The highest BCUT2D eigenvalue weighted by Crippen LogP contribution is 2.56. The van der Waals surface area contributed by atoms with E-state index >= 15 is 0 Å². The number of rotatable bonds is 1. The lowest BCUT2D eigenvalue weighted by molar-refractivity contribution is -0.0734. The molecule has 1 nitrogen and oxygen atoms in total. The van der Waals surface area contributed by atoms with Crippen molar-refractivity contribution in [3.8, 4) is 5.75 Å². The molecular weight excluding hydrogens is 528 g/mol. The minimum Gasteiger partial charge on any atom is -0.485 e. The molecule has 21 heavy (non-hydrogen) atoms. The van der Waals surface area contributed by atoms with Gasteiger partial charge in [0.2, 0.25) is 0 Å². The number of fused-ring (bicyclic) bond motifs is 2. The minimum atomic E-state index is -0.100. The molecule has 1 aromatic carbocycles. The second kappa shape index (κ2) is 5.78. The van der Waals surface area contributed by atoms with E-state index in [1.54, 1.807) is 0 Å². The van der Waals surface area contributed by atoms with Gasteiger partial charge in [-0.05, 0) is 58.3 Å². The van der Waals surface area contributed by atoms with Crippen molar-refractivity contribution in [2.24, 2.45) is 11.3 Å². The summed E-state index contributed by atoms with van der Waals surface area (Å²) >= 11 is 14.9. The lowest BCUT2D eigenvalue weighted by Crippen LogP contribution is -2.60. The second-order valence-corrected chi connectivity index (χ2v) is 10.2. The fourth-order valence-electron chi connectivity index (χ4n) is 3.87. The van der Waals surface area contributed by atoms with Gasteiger partial charge in [-0.2, -0.15) is 0 Å². The molecular formula is C16H18Br4O. The Bertz CT molecular complexity index is 572. The van der Waals surface area contributed by atoms with E-state index in [2.05, 4.69) is 89.7 Å². The van der Waals surface area contributed by atoms with E-state index in [1.807, 2.05) is 0 Å². The van der Waals surface area contributed by atoms with Crippen molar-refractivity contribution < 1.29 is 4.74 Å². The zero-order valence-electron chi connectivity index (χ0n) is 12.1. The highest BCUT2D eigenvalue weighted by Gasteiger charge is 2.56. The summed E-state index contributed by atoms with van der Waals surface area (Å²) in [5.41, 5.74) is 1.41. The molecule has 0 saturated heterocycles. The van der Waals surface area contributed by atoms with Gasteiger partial charge in [-0.3, -0.25) is 0 Å². The highest BCUT2D eigenvalue weighted by molar-refractivity contribution is 9.11. The molecule has 0 bridgehead atoms. The van der Waals surface area contributed by atoms with Crippen molar-refractivity contribution in [1.29, 1.82) is 0 Å². The molecule has 2 aliphatic rings. The summed E-state index contributed by atoms with van der Waals surface area (Å²) in [7, 11) is 0. The van der Waals surface area contributed by atoms with Crippen molar-refractivity contribution in [2.75, 3.05) is 5.33 Å². The maximum Gasteiger partial charge on any atom is 0.137 e. The molecule has 1 saturated carbocycles. The monoisotopic (exact) mass is 542 g/mol. The Morgan fingerprint density at radius 3 is 2.67 bits per heavy atom. The number of hydrogen-bond acceptors (Lipinski definition) is 1. The summed E-state index contributed by atoms with van der Waals surface area (Å²) < 4.78 is 8.76. The largest absolute Gasteiger partial charge is 0.485 e. The first kappa shape index (κ1) is 16.8. The van der Waals surface area contributed by atoms with E-state index in [4.69, 9.17) is 4.74 Å². The second-order valence-electron chi connectivity index (χ2n) is 6.76. The summed E-state index contributed by atoms with van der Waals surface area (Å²) in [6.45, 7) is 4.74. The standard InChI is InChI=1S/C16H18Br4O/c1-15(2)12-6-9-5-10(18)7-11(19)14(9)21-16(12,8-17)4-3-13(15)20/h5,7,12-13H,3-4,6,8H2,1-2H3. The Hall–Kier alpha value is 0.940. The first-order valence-corrected chi connectivity index (χ1v) is 10.8. The quantitative estimate of drug-likeness (QED) is 0.367. The summed E-state index contributed by atoms with van der Waals surface area (Å²) in [5.74, 6) is 1.52. The van der Waals surface area contributed by atoms with Gasteiger partial charge >= 0.3 is 0 Å². The molecule has 3 rings (SSSR count). The number of alkyl halides is 2. The molecule has 0 spiro atoms. The van der Waals surface area contributed by atoms with E-state index in [0.29, 0.717) is 10.7 Å². The normalized spacial score (nSPS) is 33.8. The van der Waals surface area contributed by atoms with Gasteiger partial charge in [-0.15, -0.1) is 0 Å². The summed E-state index contributed by atoms with van der Waals surface area (Å²) in [5, 5.41) is 0.885. The van der Waals surface area contributed by atoms with Crippen LogP contribution in [0.3, 0.4) is 0 Å². The first-order chi connectivity index (χ1) is 9.80. The summed E-state index contributed by atoms with van der Waals surface area (Å²) in [6, 6.07) is 4.27. The zero-order chi connectivity index (χ0) is 15.4. The third kappa shape index (κ3) is 2.68. The molecule has 116 valence electrons. The third-order valence-electron chi connectivity index (χ3n) is 5.20. The lowest BCUT2D eigenvalue weighted by atomic mass is 9.59. The average molecular weight is 546 g/mol. The van der Waals surface area contributed by atoms with Crippen LogP contribution in [0.2, 0.25) is 0 Å². The molecule has 3 atom stereocenters. The molecule has 1 fully saturated rings. The highest BCUT2D eigenvalue weighted by atomic mass is 79.9. The number of halogens is 4.